The first-order valence-electron chi connectivity index (χ1n) is 11.6. The standard InChI is InChI=1S/C27H24N6O3/c1-19-29-24-9-5-6-10-25(24)31(19)16-15-28-26(34)17-21-18-32(22-7-3-2-4-8-22)30-27(21)20-11-13-23(14-12-20)33(35)36/h2-14,18H,15-17H2,1H3,(H,28,34). The lowest BCUT2D eigenvalue weighted by atomic mass is 10.1. The Kier molecular flexibility index (Phi) is 6.27. The minimum absolute atomic E-state index is 0.00264. The van der Waals surface area contributed by atoms with Crippen LogP contribution in [0.15, 0.2) is 85.1 Å². The lowest BCUT2D eigenvalue weighted by molar-refractivity contribution is -0.384. The molecule has 9 heteroatoms. The number of non-ortho nitro benzene ring substituents is 1. The number of imidazole rings is 1. The van der Waals surface area contributed by atoms with Crippen molar-refractivity contribution in [1.82, 2.24) is 24.6 Å². The zero-order chi connectivity index (χ0) is 25.1. The maximum Gasteiger partial charge on any atom is 0.269 e. The van der Waals surface area contributed by atoms with Crippen molar-refractivity contribution in [2.24, 2.45) is 0 Å². The van der Waals surface area contributed by atoms with Gasteiger partial charge < -0.3 is 9.88 Å². The second-order valence-electron chi connectivity index (χ2n) is 8.41. The number of fused-ring (bicyclic) bond motifs is 1. The molecule has 5 rings (SSSR count). The number of benzene rings is 3. The van der Waals surface area contributed by atoms with E-state index in [0.717, 1.165) is 28.1 Å². The monoisotopic (exact) mass is 480 g/mol. The zero-order valence-corrected chi connectivity index (χ0v) is 19.7. The molecule has 1 N–H and O–H groups in total. The lowest BCUT2D eigenvalue weighted by Crippen LogP contribution is -2.28. The zero-order valence-electron chi connectivity index (χ0n) is 19.7. The van der Waals surface area contributed by atoms with Gasteiger partial charge in [-0.15, -0.1) is 0 Å². The fourth-order valence-corrected chi connectivity index (χ4v) is 4.26. The Morgan fingerprint density at radius 3 is 2.47 bits per heavy atom. The first-order chi connectivity index (χ1) is 17.5. The summed E-state index contributed by atoms with van der Waals surface area (Å²) in [5.41, 5.74) is 4.88. The topological polar surface area (TPSA) is 108 Å². The van der Waals surface area contributed by atoms with Gasteiger partial charge in [0.05, 0.1) is 33.8 Å². The van der Waals surface area contributed by atoms with Gasteiger partial charge in [-0.25, -0.2) is 9.67 Å². The van der Waals surface area contributed by atoms with E-state index in [1.54, 1.807) is 16.8 Å². The predicted molar refractivity (Wildman–Crippen MR) is 137 cm³/mol. The molecule has 2 heterocycles. The van der Waals surface area contributed by atoms with Gasteiger partial charge in [0.15, 0.2) is 0 Å². The third-order valence-corrected chi connectivity index (χ3v) is 6.02. The Morgan fingerprint density at radius 2 is 1.72 bits per heavy atom. The summed E-state index contributed by atoms with van der Waals surface area (Å²) in [4.78, 5) is 28.1. The molecule has 36 heavy (non-hydrogen) atoms. The number of nitrogens with one attached hydrogen (secondary N) is 1. The molecular weight excluding hydrogens is 456 g/mol. The van der Waals surface area contributed by atoms with Crippen molar-refractivity contribution in [3.8, 4) is 16.9 Å². The highest BCUT2D eigenvalue weighted by molar-refractivity contribution is 5.81. The Morgan fingerprint density at radius 1 is 1.00 bits per heavy atom. The van der Waals surface area contributed by atoms with Crippen LogP contribution < -0.4 is 5.32 Å². The van der Waals surface area contributed by atoms with Gasteiger partial charge in [-0.1, -0.05) is 30.3 Å². The van der Waals surface area contributed by atoms with E-state index < -0.39 is 4.92 Å². The number of aryl methyl sites for hydroxylation is 1. The largest absolute Gasteiger partial charge is 0.354 e. The van der Waals surface area contributed by atoms with Crippen LogP contribution in [-0.4, -0.2) is 36.7 Å². The van der Waals surface area contributed by atoms with E-state index >= 15 is 0 Å². The molecule has 0 atom stereocenters. The van der Waals surface area contributed by atoms with Crippen LogP contribution in [-0.2, 0) is 17.8 Å². The van der Waals surface area contributed by atoms with Gasteiger partial charge in [0.1, 0.15) is 5.82 Å². The molecule has 180 valence electrons. The van der Waals surface area contributed by atoms with Crippen LogP contribution in [0.4, 0.5) is 5.69 Å². The van der Waals surface area contributed by atoms with Gasteiger partial charge in [0.2, 0.25) is 5.91 Å². The molecule has 0 aliphatic rings. The lowest BCUT2D eigenvalue weighted by Gasteiger charge is -2.09. The number of nitro groups is 1. The van der Waals surface area contributed by atoms with E-state index in [0.29, 0.717) is 24.3 Å². The smallest absolute Gasteiger partial charge is 0.269 e. The Labute approximate surface area is 207 Å². The number of nitro benzene ring substituents is 1. The van der Waals surface area contributed by atoms with Crippen LogP contribution in [0.3, 0.4) is 0 Å². The number of aromatic nitrogens is 4. The summed E-state index contributed by atoms with van der Waals surface area (Å²) in [6.45, 7) is 3.02. The Balaban J connectivity index is 1.34. The normalized spacial score (nSPS) is 11.0. The summed E-state index contributed by atoms with van der Waals surface area (Å²) in [5.74, 6) is 0.767. The molecule has 0 saturated heterocycles. The number of hydrogen-bond donors (Lipinski definition) is 1. The van der Waals surface area contributed by atoms with E-state index in [1.807, 2.05) is 67.7 Å². The van der Waals surface area contributed by atoms with Gasteiger partial charge in [-0.2, -0.15) is 5.10 Å². The average Bonchev–Trinajstić information content (AvgIpc) is 3.45. The van der Waals surface area contributed by atoms with E-state index in [2.05, 4.69) is 14.9 Å². The SMILES string of the molecule is Cc1nc2ccccc2n1CCNC(=O)Cc1cn(-c2ccccc2)nc1-c1ccc([N+](=O)[O-])cc1. The minimum atomic E-state index is -0.439. The van der Waals surface area contributed by atoms with Crippen molar-refractivity contribution in [2.75, 3.05) is 6.54 Å². The fraction of sp³-hybridized carbons (Fsp3) is 0.148. The summed E-state index contributed by atoms with van der Waals surface area (Å²) >= 11 is 0. The molecule has 9 nitrogen and oxygen atoms in total. The highest BCUT2D eigenvalue weighted by Crippen LogP contribution is 2.26. The quantitative estimate of drug-likeness (QED) is 0.261. The van der Waals surface area contributed by atoms with Crippen molar-refractivity contribution >= 4 is 22.6 Å². The van der Waals surface area contributed by atoms with Gasteiger partial charge in [0, 0.05) is 42.5 Å². The van der Waals surface area contributed by atoms with Gasteiger partial charge >= 0.3 is 0 Å². The van der Waals surface area contributed by atoms with Crippen LogP contribution >= 0.6 is 0 Å². The third kappa shape index (κ3) is 4.72. The predicted octanol–water partition coefficient (Wildman–Crippen LogP) is 4.46. The summed E-state index contributed by atoms with van der Waals surface area (Å²) in [7, 11) is 0. The van der Waals surface area contributed by atoms with Crippen LogP contribution in [0.25, 0.3) is 28.0 Å². The van der Waals surface area contributed by atoms with E-state index in [4.69, 9.17) is 5.10 Å². The third-order valence-electron chi connectivity index (χ3n) is 6.02. The Hall–Kier alpha value is -4.79. The molecule has 0 spiro atoms. The number of nitrogens with zero attached hydrogens (tertiary/aromatic N) is 5. The van der Waals surface area contributed by atoms with Gasteiger partial charge in [0.25, 0.3) is 5.69 Å². The van der Waals surface area contributed by atoms with Crippen LogP contribution in [0, 0.1) is 17.0 Å². The molecule has 2 aromatic heterocycles. The number of amides is 1. The van der Waals surface area contributed by atoms with E-state index in [1.165, 1.54) is 12.1 Å². The van der Waals surface area contributed by atoms with E-state index in [9.17, 15) is 14.9 Å². The molecule has 0 bridgehead atoms. The highest BCUT2D eigenvalue weighted by atomic mass is 16.6. The first kappa shape index (κ1) is 23.0. The first-order valence-corrected chi connectivity index (χ1v) is 11.6. The van der Waals surface area contributed by atoms with Crippen molar-refractivity contribution < 1.29 is 9.72 Å². The van der Waals surface area contributed by atoms with Crippen molar-refractivity contribution in [3.05, 3.63) is 107 Å². The van der Waals surface area contributed by atoms with Crippen LogP contribution in [0.5, 0.6) is 0 Å². The molecule has 0 aliphatic carbocycles. The highest BCUT2D eigenvalue weighted by Gasteiger charge is 2.17. The number of rotatable bonds is 8. The second-order valence-corrected chi connectivity index (χ2v) is 8.41. The van der Waals surface area contributed by atoms with Gasteiger partial charge in [-0.3, -0.25) is 14.9 Å². The minimum Gasteiger partial charge on any atom is -0.354 e. The maximum absolute atomic E-state index is 12.9. The summed E-state index contributed by atoms with van der Waals surface area (Å²) in [6.07, 6.45) is 1.96. The summed E-state index contributed by atoms with van der Waals surface area (Å²) < 4.78 is 3.81. The number of carbonyl (C=O) groups is 1. The number of para-hydroxylation sites is 3. The van der Waals surface area contributed by atoms with Crippen LogP contribution in [0.2, 0.25) is 0 Å². The molecule has 0 unspecified atom stereocenters. The fourth-order valence-electron chi connectivity index (χ4n) is 4.26. The van der Waals surface area contributed by atoms with Crippen molar-refractivity contribution in [1.29, 1.82) is 0 Å². The second kappa shape index (κ2) is 9.83. The Bertz CT molecular complexity index is 1540. The molecule has 0 fully saturated rings. The molecule has 1 amide bonds. The average molecular weight is 481 g/mol. The molecule has 5 aromatic rings. The number of carbonyl (C=O) groups excluding carboxylic acids is 1. The molecule has 0 radical (unpaired) electrons. The van der Waals surface area contributed by atoms with Crippen molar-refractivity contribution in [3.63, 3.8) is 0 Å². The van der Waals surface area contributed by atoms with Gasteiger partial charge in [-0.05, 0) is 43.3 Å². The molecule has 0 aliphatic heterocycles. The molecular formula is C27H24N6O3. The van der Waals surface area contributed by atoms with Crippen LogP contribution in [0.1, 0.15) is 11.4 Å². The summed E-state index contributed by atoms with van der Waals surface area (Å²) in [5, 5.41) is 18.8. The molecule has 0 saturated carbocycles. The van der Waals surface area contributed by atoms with Crippen molar-refractivity contribution in [2.45, 2.75) is 19.9 Å². The van der Waals surface area contributed by atoms with E-state index in [-0.39, 0.29) is 18.0 Å². The molecule has 3 aromatic carbocycles. The summed E-state index contributed by atoms with van der Waals surface area (Å²) in [6, 6.07) is 23.7. The number of hydrogen-bond acceptors (Lipinski definition) is 5. The maximum atomic E-state index is 12.9.